The van der Waals surface area contributed by atoms with Crippen LogP contribution in [0.15, 0.2) is 12.7 Å². The minimum absolute atomic E-state index is 0.0846. The Hall–Kier alpha value is -0.413. The van der Waals surface area contributed by atoms with E-state index in [2.05, 4.69) is 40.4 Å². The molecule has 0 aromatic heterocycles. The summed E-state index contributed by atoms with van der Waals surface area (Å²) in [6, 6.07) is 0. The Morgan fingerprint density at radius 1 is 1.33 bits per heavy atom. The van der Waals surface area contributed by atoms with Crippen LogP contribution in [0.25, 0.3) is 0 Å². The topological polar surface area (TPSA) is 26.3 Å². The average molecular weight is 311 g/mol. The predicted molar refractivity (Wildman–Crippen MR) is 93.1 cm³/mol. The number of rotatable bonds is 8. The van der Waals surface area contributed by atoms with Crippen LogP contribution in [-0.4, -0.2) is 20.7 Å². The Labute approximate surface area is 132 Å². The summed E-state index contributed by atoms with van der Waals surface area (Å²) in [7, 11) is -1.62. The molecule has 0 saturated heterocycles. The van der Waals surface area contributed by atoms with Gasteiger partial charge in [-0.15, -0.1) is 6.58 Å². The second-order valence-corrected chi connectivity index (χ2v) is 12.9. The molecule has 0 spiro atoms. The highest BCUT2D eigenvalue weighted by atomic mass is 28.4. The van der Waals surface area contributed by atoms with Crippen LogP contribution < -0.4 is 0 Å². The molecule has 1 aliphatic rings. The Bertz CT molecular complexity index is 368. The van der Waals surface area contributed by atoms with Gasteiger partial charge in [-0.1, -0.05) is 33.3 Å². The molecular weight excluding hydrogens is 276 g/mol. The molecule has 21 heavy (non-hydrogen) atoms. The Kier molecular flexibility index (Phi) is 6.42. The van der Waals surface area contributed by atoms with Crippen LogP contribution in [0.3, 0.4) is 0 Å². The van der Waals surface area contributed by atoms with E-state index in [4.69, 9.17) is 4.43 Å². The van der Waals surface area contributed by atoms with Crippen LogP contribution in [-0.2, 0) is 9.22 Å². The molecule has 0 aromatic carbocycles. The van der Waals surface area contributed by atoms with Crippen LogP contribution in [0.2, 0.25) is 18.1 Å². The fourth-order valence-electron chi connectivity index (χ4n) is 2.96. The monoisotopic (exact) mass is 310 g/mol. The summed E-state index contributed by atoms with van der Waals surface area (Å²) in [4.78, 5) is 12.2. The highest BCUT2D eigenvalue weighted by molar-refractivity contribution is 6.74. The van der Waals surface area contributed by atoms with E-state index in [1.807, 2.05) is 6.08 Å². The van der Waals surface area contributed by atoms with E-state index in [0.717, 1.165) is 51.6 Å². The maximum Gasteiger partial charge on any atom is 0.191 e. The number of allylic oxidation sites excluding steroid dienone is 1. The lowest BCUT2D eigenvalue weighted by molar-refractivity contribution is -0.126. The van der Waals surface area contributed by atoms with Crippen molar-refractivity contribution in [1.29, 1.82) is 0 Å². The Morgan fingerprint density at radius 3 is 2.48 bits per heavy atom. The second kappa shape index (κ2) is 7.23. The first-order valence-corrected chi connectivity index (χ1v) is 11.3. The molecule has 0 N–H and O–H groups in total. The van der Waals surface area contributed by atoms with Gasteiger partial charge in [-0.2, -0.15) is 0 Å². The Morgan fingerprint density at radius 2 is 2.00 bits per heavy atom. The van der Waals surface area contributed by atoms with Gasteiger partial charge in [-0.05, 0) is 50.2 Å². The van der Waals surface area contributed by atoms with Crippen molar-refractivity contribution in [2.75, 3.05) is 6.61 Å². The van der Waals surface area contributed by atoms with Crippen molar-refractivity contribution in [3.63, 3.8) is 0 Å². The molecule has 0 radical (unpaired) electrons. The SMILES string of the molecule is C=CCC1(CCCCO[Si](C)(C)C(C)(C)C)CCCC1=O. The van der Waals surface area contributed by atoms with E-state index in [9.17, 15) is 4.79 Å². The van der Waals surface area contributed by atoms with Gasteiger partial charge >= 0.3 is 0 Å². The third-order valence-electron chi connectivity index (χ3n) is 5.50. The maximum atomic E-state index is 12.2. The molecule has 0 aliphatic heterocycles. The van der Waals surface area contributed by atoms with E-state index >= 15 is 0 Å². The minimum Gasteiger partial charge on any atom is -0.417 e. The molecule has 0 aromatic rings. The van der Waals surface area contributed by atoms with Gasteiger partial charge in [0.2, 0.25) is 0 Å². The number of hydrogen-bond donors (Lipinski definition) is 0. The first-order chi connectivity index (χ1) is 9.65. The van der Waals surface area contributed by atoms with E-state index in [-0.39, 0.29) is 10.5 Å². The molecule has 1 unspecified atom stereocenters. The van der Waals surface area contributed by atoms with Crippen LogP contribution in [0.5, 0.6) is 0 Å². The van der Waals surface area contributed by atoms with Gasteiger partial charge < -0.3 is 4.43 Å². The molecule has 3 heteroatoms. The number of hydrogen-bond acceptors (Lipinski definition) is 2. The van der Waals surface area contributed by atoms with Crippen molar-refractivity contribution >= 4 is 14.1 Å². The molecule has 1 saturated carbocycles. The number of unbranched alkanes of at least 4 members (excludes halogenated alkanes) is 1. The Balaban J connectivity index is 2.36. The lowest BCUT2D eigenvalue weighted by atomic mass is 9.77. The molecule has 2 nitrogen and oxygen atoms in total. The number of Topliss-reactive ketones (excluding diaryl/α,β-unsaturated/α-hetero) is 1. The van der Waals surface area contributed by atoms with Crippen molar-refractivity contribution in [3.05, 3.63) is 12.7 Å². The fourth-order valence-corrected chi connectivity index (χ4v) is 4.05. The molecule has 1 aliphatic carbocycles. The molecule has 122 valence electrons. The fraction of sp³-hybridized carbons (Fsp3) is 0.833. The molecule has 0 heterocycles. The van der Waals surface area contributed by atoms with Gasteiger partial charge in [-0.25, -0.2) is 0 Å². The van der Waals surface area contributed by atoms with Crippen LogP contribution in [0, 0.1) is 5.41 Å². The highest BCUT2D eigenvalue weighted by Crippen LogP contribution is 2.42. The summed E-state index contributed by atoms with van der Waals surface area (Å²) in [6.45, 7) is 16.1. The summed E-state index contributed by atoms with van der Waals surface area (Å²) in [6.07, 6.45) is 8.85. The third kappa shape index (κ3) is 4.78. The van der Waals surface area contributed by atoms with Gasteiger partial charge in [0.05, 0.1) is 0 Å². The van der Waals surface area contributed by atoms with E-state index in [0.29, 0.717) is 5.78 Å². The summed E-state index contributed by atoms with van der Waals surface area (Å²) in [5.41, 5.74) is -0.0846. The van der Waals surface area contributed by atoms with Crippen LogP contribution >= 0.6 is 0 Å². The van der Waals surface area contributed by atoms with Gasteiger partial charge in [0.15, 0.2) is 8.32 Å². The predicted octanol–water partition coefficient (Wildman–Crippen LogP) is 5.49. The number of ketones is 1. The summed E-state index contributed by atoms with van der Waals surface area (Å²) < 4.78 is 6.21. The molecule has 1 rings (SSSR count). The zero-order valence-corrected chi connectivity index (χ0v) is 15.8. The third-order valence-corrected chi connectivity index (χ3v) is 10.0. The van der Waals surface area contributed by atoms with E-state index in [1.165, 1.54) is 0 Å². The second-order valence-electron chi connectivity index (χ2n) is 8.12. The first kappa shape index (κ1) is 18.6. The smallest absolute Gasteiger partial charge is 0.191 e. The minimum atomic E-state index is -1.62. The number of carbonyl (C=O) groups is 1. The van der Waals surface area contributed by atoms with E-state index < -0.39 is 8.32 Å². The quantitative estimate of drug-likeness (QED) is 0.336. The zero-order valence-electron chi connectivity index (χ0n) is 14.8. The van der Waals surface area contributed by atoms with Crippen LogP contribution in [0.1, 0.15) is 65.7 Å². The summed E-state index contributed by atoms with van der Waals surface area (Å²) in [5.74, 6) is 0.465. The van der Waals surface area contributed by atoms with Crippen molar-refractivity contribution in [1.82, 2.24) is 0 Å². The van der Waals surface area contributed by atoms with Gasteiger partial charge in [0, 0.05) is 18.4 Å². The average Bonchev–Trinajstić information content (AvgIpc) is 2.70. The first-order valence-electron chi connectivity index (χ1n) is 8.43. The van der Waals surface area contributed by atoms with Gasteiger partial charge in [-0.3, -0.25) is 4.79 Å². The maximum absolute atomic E-state index is 12.2. The molecular formula is C18H34O2Si. The summed E-state index contributed by atoms with van der Waals surface area (Å²) in [5, 5.41) is 0.276. The molecule has 1 atom stereocenters. The lowest BCUT2D eigenvalue weighted by Gasteiger charge is -2.36. The lowest BCUT2D eigenvalue weighted by Crippen LogP contribution is -2.41. The summed E-state index contributed by atoms with van der Waals surface area (Å²) >= 11 is 0. The molecule has 0 amide bonds. The number of carbonyl (C=O) groups excluding carboxylic acids is 1. The van der Waals surface area contributed by atoms with Crippen molar-refractivity contribution in [2.24, 2.45) is 5.41 Å². The zero-order chi connectivity index (χ0) is 16.1. The van der Waals surface area contributed by atoms with Gasteiger partial charge in [0.1, 0.15) is 5.78 Å². The van der Waals surface area contributed by atoms with Gasteiger partial charge in [0.25, 0.3) is 0 Å². The van der Waals surface area contributed by atoms with Crippen LogP contribution in [0.4, 0.5) is 0 Å². The molecule has 1 fully saturated rings. The van der Waals surface area contributed by atoms with Crippen molar-refractivity contribution in [3.8, 4) is 0 Å². The normalized spacial score (nSPS) is 23.6. The highest BCUT2D eigenvalue weighted by Gasteiger charge is 2.40. The standard InChI is InChI=1S/C18H34O2Si/c1-7-12-18(14-10-11-16(18)19)13-8-9-15-20-21(5,6)17(2,3)4/h7H,1,8-15H2,2-6H3. The van der Waals surface area contributed by atoms with Crippen molar-refractivity contribution in [2.45, 2.75) is 83.8 Å². The molecule has 0 bridgehead atoms. The largest absolute Gasteiger partial charge is 0.417 e. The van der Waals surface area contributed by atoms with E-state index in [1.54, 1.807) is 0 Å². The van der Waals surface area contributed by atoms with Crippen molar-refractivity contribution < 1.29 is 9.22 Å².